The molecule has 0 heterocycles. The van der Waals surface area contributed by atoms with Gasteiger partial charge < -0.3 is 14.9 Å². The molecule has 1 rings (SSSR count). The Balaban J connectivity index is 2.63. The van der Waals surface area contributed by atoms with Gasteiger partial charge in [-0.25, -0.2) is 9.59 Å². The second kappa shape index (κ2) is 8.67. The molecule has 23 heavy (non-hydrogen) atoms. The highest BCUT2D eigenvalue weighted by Gasteiger charge is 2.15. The lowest BCUT2D eigenvalue weighted by Crippen LogP contribution is -2.09. The van der Waals surface area contributed by atoms with Crippen LogP contribution in [-0.4, -0.2) is 41.0 Å². The second-order valence-electron chi connectivity index (χ2n) is 4.95. The van der Waals surface area contributed by atoms with E-state index in [1.165, 1.54) is 19.2 Å². The van der Waals surface area contributed by atoms with Gasteiger partial charge >= 0.3 is 17.9 Å². The van der Waals surface area contributed by atoms with E-state index in [2.05, 4.69) is 4.74 Å². The number of ketones is 1. The molecule has 7 heteroatoms. The summed E-state index contributed by atoms with van der Waals surface area (Å²) in [5.41, 5.74) is 0.173. The summed E-state index contributed by atoms with van der Waals surface area (Å²) in [6.07, 6.45) is 1.10. The monoisotopic (exact) mass is 322 g/mol. The first-order valence-electron chi connectivity index (χ1n) is 7.03. The van der Waals surface area contributed by atoms with Crippen LogP contribution >= 0.6 is 0 Å². The van der Waals surface area contributed by atoms with E-state index in [9.17, 15) is 19.2 Å². The molecule has 0 aliphatic rings. The van der Waals surface area contributed by atoms with Gasteiger partial charge in [0.1, 0.15) is 5.78 Å². The Labute approximate surface area is 132 Å². The number of hydrogen-bond donors (Lipinski definition) is 2. The van der Waals surface area contributed by atoms with Crippen molar-refractivity contribution in [2.24, 2.45) is 0 Å². The zero-order valence-electron chi connectivity index (χ0n) is 12.7. The molecule has 7 nitrogen and oxygen atoms in total. The van der Waals surface area contributed by atoms with Crippen molar-refractivity contribution in [2.75, 3.05) is 7.11 Å². The molecule has 0 spiro atoms. The van der Waals surface area contributed by atoms with Crippen molar-refractivity contribution >= 4 is 23.7 Å². The summed E-state index contributed by atoms with van der Waals surface area (Å²) in [4.78, 5) is 44.7. The number of aromatic carboxylic acids is 2. The molecule has 124 valence electrons. The number of carboxylic acid groups (broad SMARTS) is 2. The van der Waals surface area contributed by atoms with Crippen LogP contribution in [0.5, 0.6) is 0 Å². The number of hydrogen-bond acceptors (Lipinski definition) is 5. The van der Waals surface area contributed by atoms with Crippen LogP contribution in [0.4, 0.5) is 0 Å². The normalized spacial score (nSPS) is 10.1. The van der Waals surface area contributed by atoms with Gasteiger partial charge in [0.25, 0.3) is 0 Å². The predicted octanol–water partition coefficient (Wildman–Crippen LogP) is 1.93. The van der Waals surface area contributed by atoms with E-state index in [1.54, 1.807) is 0 Å². The minimum Gasteiger partial charge on any atom is -0.478 e. The molecule has 0 aromatic heterocycles. The van der Waals surface area contributed by atoms with Crippen molar-refractivity contribution in [2.45, 2.75) is 32.1 Å². The van der Waals surface area contributed by atoms with Crippen molar-refractivity contribution in [1.29, 1.82) is 0 Å². The first kappa shape index (κ1) is 18.3. The quantitative estimate of drug-likeness (QED) is 0.667. The van der Waals surface area contributed by atoms with Crippen LogP contribution in [-0.2, 0) is 20.7 Å². The van der Waals surface area contributed by atoms with Crippen LogP contribution in [0.3, 0.4) is 0 Å². The highest BCUT2D eigenvalue weighted by Crippen LogP contribution is 2.15. The molecule has 0 bridgehead atoms. The van der Waals surface area contributed by atoms with E-state index in [0.29, 0.717) is 12.0 Å². The topological polar surface area (TPSA) is 118 Å². The molecule has 0 unspecified atom stereocenters. The van der Waals surface area contributed by atoms with Gasteiger partial charge in [-0.05, 0) is 30.5 Å². The summed E-state index contributed by atoms with van der Waals surface area (Å²) in [7, 11) is 1.28. The lowest BCUT2D eigenvalue weighted by Gasteiger charge is -2.07. The number of carbonyl (C=O) groups is 4. The molecule has 2 N–H and O–H groups in total. The third-order valence-electron chi connectivity index (χ3n) is 3.32. The predicted molar refractivity (Wildman–Crippen MR) is 79.6 cm³/mol. The van der Waals surface area contributed by atoms with Gasteiger partial charge in [0.15, 0.2) is 0 Å². The minimum absolute atomic E-state index is 0.0902. The highest BCUT2D eigenvalue weighted by molar-refractivity contribution is 5.95. The molecular formula is C16H18O7. The molecule has 1 aromatic rings. The summed E-state index contributed by atoms with van der Waals surface area (Å²) in [6.45, 7) is 0. The van der Waals surface area contributed by atoms with Gasteiger partial charge in [-0.2, -0.15) is 0 Å². The average Bonchev–Trinajstić information content (AvgIpc) is 2.52. The summed E-state index contributed by atoms with van der Waals surface area (Å²) in [6, 6.07) is 3.81. The highest BCUT2D eigenvalue weighted by atomic mass is 16.5. The summed E-state index contributed by atoms with van der Waals surface area (Å²) in [5, 5.41) is 18.0. The number of rotatable bonds is 9. The van der Waals surface area contributed by atoms with Crippen molar-refractivity contribution in [3.05, 3.63) is 34.9 Å². The number of Topliss-reactive ketones (excluding diaryl/α,β-unsaturated/α-hetero) is 1. The van der Waals surface area contributed by atoms with E-state index in [-0.39, 0.29) is 48.6 Å². The minimum atomic E-state index is -1.23. The Hall–Kier alpha value is -2.70. The zero-order valence-corrected chi connectivity index (χ0v) is 12.7. The van der Waals surface area contributed by atoms with Crippen molar-refractivity contribution in [3.8, 4) is 0 Å². The van der Waals surface area contributed by atoms with E-state index >= 15 is 0 Å². The molecule has 0 fully saturated rings. The lowest BCUT2D eigenvalue weighted by molar-refractivity contribution is -0.140. The first-order chi connectivity index (χ1) is 10.8. The Morgan fingerprint density at radius 2 is 1.70 bits per heavy atom. The average molecular weight is 322 g/mol. The number of methoxy groups -OCH3 is 1. The molecule has 0 atom stereocenters. The Kier molecular flexibility index (Phi) is 6.92. The third-order valence-corrected chi connectivity index (χ3v) is 3.32. The molecule has 0 saturated carbocycles. The standard InChI is InChI=1S/C16H18O7/c1-23-14(18)4-2-3-12(17)8-7-10-5-6-11(15(19)20)9-13(10)16(21)22/h5-6,9H,2-4,7-8H2,1H3,(H,19,20)(H,21,22). The molecule has 1 aromatic carbocycles. The van der Waals surface area contributed by atoms with Crippen LogP contribution in [0.25, 0.3) is 0 Å². The van der Waals surface area contributed by atoms with E-state index in [0.717, 1.165) is 6.07 Å². The number of aryl methyl sites for hydroxylation is 1. The van der Waals surface area contributed by atoms with E-state index in [4.69, 9.17) is 10.2 Å². The summed E-state index contributed by atoms with van der Waals surface area (Å²) in [5.74, 6) is -2.91. The van der Waals surface area contributed by atoms with Crippen LogP contribution in [0.1, 0.15) is 52.0 Å². The van der Waals surface area contributed by atoms with E-state index < -0.39 is 11.9 Å². The molecule has 0 amide bonds. The van der Waals surface area contributed by atoms with Gasteiger partial charge in [0.05, 0.1) is 18.2 Å². The number of esters is 1. The maximum Gasteiger partial charge on any atom is 0.335 e. The molecule has 0 aliphatic heterocycles. The van der Waals surface area contributed by atoms with Crippen molar-refractivity contribution < 1.29 is 34.1 Å². The Morgan fingerprint density at radius 1 is 1.00 bits per heavy atom. The van der Waals surface area contributed by atoms with Crippen LogP contribution in [0.15, 0.2) is 18.2 Å². The van der Waals surface area contributed by atoms with Gasteiger partial charge in [0, 0.05) is 19.3 Å². The molecule has 0 saturated heterocycles. The SMILES string of the molecule is COC(=O)CCCC(=O)CCc1ccc(C(=O)O)cc1C(=O)O. The summed E-state index contributed by atoms with van der Waals surface area (Å²) >= 11 is 0. The Morgan fingerprint density at radius 3 is 2.26 bits per heavy atom. The Bertz CT molecular complexity index is 619. The van der Waals surface area contributed by atoms with Crippen molar-refractivity contribution in [1.82, 2.24) is 0 Å². The third kappa shape index (κ3) is 5.90. The molecule has 0 aliphatic carbocycles. The van der Waals surface area contributed by atoms with Crippen LogP contribution in [0.2, 0.25) is 0 Å². The maximum absolute atomic E-state index is 11.7. The fourth-order valence-electron chi connectivity index (χ4n) is 2.06. The maximum atomic E-state index is 11.7. The fraction of sp³-hybridized carbons (Fsp3) is 0.375. The molecule has 0 radical (unpaired) electrons. The molecular weight excluding hydrogens is 304 g/mol. The fourth-order valence-corrected chi connectivity index (χ4v) is 2.06. The number of carboxylic acids is 2. The van der Waals surface area contributed by atoms with Gasteiger partial charge in [-0.3, -0.25) is 9.59 Å². The lowest BCUT2D eigenvalue weighted by atomic mass is 9.98. The zero-order chi connectivity index (χ0) is 17.4. The van der Waals surface area contributed by atoms with Crippen molar-refractivity contribution in [3.63, 3.8) is 0 Å². The van der Waals surface area contributed by atoms with E-state index in [1.807, 2.05) is 0 Å². The second-order valence-corrected chi connectivity index (χ2v) is 4.95. The summed E-state index contributed by atoms with van der Waals surface area (Å²) < 4.78 is 4.47. The van der Waals surface area contributed by atoms with Crippen LogP contribution < -0.4 is 0 Å². The first-order valence-corrected chi connectivity index (χ1v) is 7.03. The smallest absolute Gasteiger partial charge is 0.335 e. The van der Waals surface area contributed by atoms with Gasteiger partial charge in [0.2, 0.25) is 0 Å². The number of carbonyl (C=O) groups excluding carboxylic acids is 2. The van der Waals surface area contributed by atoms with Crippen LogP contribution in [0, 0.1) is 0 Å². The number of benzene rings is 1. The number of ether oxygens (including phenoxy) is 1. The largest absolute Gasteiger partial charge is 0.478 e. The van der Waals surface area contributed by atoms with Gasteiger partial charge in [-0.15, -0.1) is 0 Å². The van der Waals surface area contributed by atoms with Gasteiger partial charge in [-0.1, -0.05) is 6.07 Å².